The second-order valence-electron chi connectivity index (χ2n) is 8.16. The molecule has 0 spiro atoms. The third-order valence-corrected chi connectivity index (χ3v) is 5.42. The molecule has 30 heavy (non-hydrogen) atoms. The summed E-state index contributed by atoms with van der Waals surface area (Å²) in [6.45, 7) is 1.34. The molecule has 0 atom stereocenters. The van der Waals surface area contributed by atoms with Crippen molar-refractivity contribution in [3.8, 4) is 0 Å². The maximum atomic E-state index is 13.7. The molecule has 0 unspecified atom stereocenters. The van der Waals surface area contributed by atoms with Crippen molar-refractivity contribution in [1.82, 2.24) is 14.8 Å². The molecule has 6 heteroatoms. The van der Waals surface area contributed by atoms with Gasteiger partial charge in [-0.1, -0.05) is 24.3 Å². The predicted octanol–water partition coefficient (Wildman–Crippen LogP) is 4.59. The highest BCUT2D eigenvalue weighted by Gasteiger charge is 2.28. The van der Waals surface area contributed by atoms with Gasteiger partial charge in [0.1, 0.15) is 0 Å². The summed E-state index contributed by atoms with van der Waals surface area (Å²) in [5.41, 5.74) is 2.94. The third kappa shape index (κ3) is 4.49. The minimum Gasteiger partial charge on any atom is -0.333 e. The first-order chi connectivity index (χ1) is 14.4. The van der Waals surface area contributed by atoms with Crippen LogP contribution in [0.4, 0.5) is 8.78 Å². The van der Waals surface area contributed by atoms with E-state index in [2.05, 4.69) is 0 Å². The fourth-order valence-corrected chi connectivity index (χ4v) is 3.56. The maximum Gasteiger partial charge on any atom is 0.254 e. The smallest absolute Gasteiger partial charge is 0.254 e. The van der Waals surface area contributed by atoms with Crippen LogP contribution in [0.5, 0.6) is 0 Å². The maximum absolute atomic E-state index is 13.7. The summed E-state index contributed by atoms with van der Waals surface area (Å²) in [5, 5.41) is 0.812. The lowest BCUT2D eigenvalue weighted by Crippen LogP contribution is -2.36. The van der Waals surface area contributed by atoms with E-state index in [1.165, 1.54) is 6.07 Å². The summed E-state index contributed by atoms with van der Waals surface area (Å²) < 4.78 is 27.1. The predicted molar refractivity (Wildman–Crippen MR) is 113 cm³/mol. The van der Waals surface area contributed by atoms with Crippen LogP contribution in [0.3, 0.4) is 0 Å². The molecule has 0 saturated heterocycles. The van der Waals surface area contributed by atoms with Gasteiger partial charge in [-0.2, -0.15) is 0 Å². The largest absolute Gasteiger partial charge is 0.333 e. The second-order valence-corrected chi connectivity index (χ2v) is 8.16. The van der Waals surface area contributed by atoms with Gasteiger partial charge in [-0.05, 0) is 56.8 Å². The van der Waals surface area contributed by atoms with E-state index in [9.17, 15) is 13.6 Å². The Hall–Kier alpha value is -2.86. The quantitative estimate of drug-likeness (QED) is 0.573. The van der Waals surface area contributed by atoms with Crippen molar-refractivity contribution in [1.29, 1.82) is 0 Å². The number of carbonyl (C=O) groups excluding carboxylic acids is 1. The zero-order valence-corrected chi connectivity index (χ0v) is 17.2. The molecule has 0 aliphatic heterocycles. The zero-order chi connectivity index (χ0) is 21.3. The van der Waals surface area contributed by atoms with Gasteiger partial charge in [0.25, 0.3) is 5.91 Å². The molecule has 1 aliphatic rings. The van der Waals surface area contributed by atoms with Gasteiger partial charge in [0.2, 0.25) is 0 Å². The van der Waals surface area contributed by atoms with E-state index >= 15 is 0 Å². The molecule has 3 aromatic rings. The van der Waals surface area contributed by atoms with Gasteiger partial charge in [0, 0.05) is 36.6 Å². The first-order valence-corrected chi connectivity index (χ1v) is 10.2. The minimum absolute atomic E-state index is 0.123. The Kier molecular flexibility index (Phi) is 5.77. The Morgan fingerprint density at radius 1 is 1.03 bits per heavy atom. The number of hydrogen-bond acceptors (Lipinski definition) is 3. The highest BCUT2D eigenvalue weighted by molar-refractivity contribution is 6.06. The van der Waals surface area contributed by atoms with Crippen LogP contribution < -0.4 is 0 Å². The van der Waals surface area contributed by atoms with E-state index in [0.717, 1.165) is 41.6 Å². The van der Waals surface area contributed by atoms with E-state index in [0.29, 0.717) is 30.1 Å². The van der Waals surface area contributed by atoms with Crippen molar-refractivity contribution in [3.63, 3.8) is 0 Å². The molecule has 1 aliphatic carbocycles. The molecule has 1 amide bonds. The zero-order valence-electron chi connectivity index (χ0n) is 17.2. The summed E-state index contributed by atoms with van der Waals surface area (Å²) in [4.78, 5) is 22.1. The van der Waals surface area contributed by atoms with Crippen molar-refractivity contribution in [2.75, 3.05) is 27.2 Å². The highest BCUT2D eigenvalue weighted by Crippen LogP contribution is 2.40. The Bertz CT molecular complexity index is 1080. The van der Waals surface area contributed by atoms with Gasteiger partial charge in [-0.3, -0.25) is 9.78 Å². The van der Waals surface area contributed by atoms with Crippen LogP contribution in [0.2, 0.25) is 0 Å². The van der Waals surface area contributed by atoms with Crippen molar-refractivity contribution >= 4 is 16.8 Å². The summed E-state index contributed by atoms with van der Waals surface area (Å²) in [5.74, 6) is -1.50. The monoisotopic (exact) mass is 409 g/mol. The van der Waals surface area contributed by atoms with Crippen LogP contribution in [0.25, 0.3) is 10.9 Å². The lowest BCUT2D eigenvalue weighted by molar-refractivity contribution is 0.0733. The molecule has 4 rings (SSSR count). The van der Waals surface area contributed by atoms with Crippen molar-refractivity contribution in [3.05, 3.63) is 77.0 Å². The molecule has 1 aromatic heterocycles. The Balaban J connectivity index is 1.71. The van der Waals surface area contributed by atoms with Crippen LogP contribution in [-0.2, 0) is 6.54 Å². The minimum atomic E-state index is -0.905. The van der Waals surface area contributed by atoms with Crippen molar-refractivity contribution in [2.45, 2.75) is 25.3 Å². The number of para-hydroxylation sites is 1. The lowest BCUT2D eigenvalue weighted by Gasteiger charge is -2.25. The third-order valence-electron chi connectivity index (χ3n) is 5.42. The number of pyridine rings is 1. The molecule has 0 N–H and O–H groups in total. The lowest BCUT2D eigenvalue weighted by atomic mass is 10.0. The number of likely N-dealkylation sites (N-methyl/N-ethyl adjacent to an activating group) is 1. The SMILES string of the molecule is CN(C)CCN(Cc1ccc(F)c(F)c1)C(=O)c1cc(C2CC2)nc2ccccc12. The van der Waals surface area contributed by atoms with E-state index in [-0.39, 0.29) is 12.5 Å². The van der Waals surface area contributed by atoms with Crippen LogP contribution in [0.15, 0.2) is 48.5 Å². The van der Waals surface area contributed by atoms with E-state index in [1.54, 1.807) is 4.90 Å². The van der Waals surface area contributed by atoms with Crippen molar-refractivity contribution < 1.29 is 13.6 Å². The molecular weight excluding hydrogens is 384 g/mol. The fourth-order valence-electron chi connectivity index (χ4n) is 3.56. The van der Waals surface area contributed by atoms with Gasteiger partial charge in [0.05, 0.1) is 11.1 Å². The van der Waals surface area contributed by atoms with Crippen LogP contribution in [0, 0.1) is 11.6 Å². The molecular formula is C24H25F2N3O. The molecule has 0 bridgehead atoms. The van der Waals surface area contributed by atoms with Crippen molar-refractivity contribution in [2.24, 2.45) is 0 Å². The fraction of sp³-hybridized carbons (Fsp3) is 0.333. The normalized spacial score (nSPS) is 13.8. The summed E-state index contributed by atoms with van der Waals surface area (Å²) in [6.07, 6.45) is 2.19. The van der Waals surface area contributed by atoms with Gasteiger partial charge in [-0.25, -0.2) is 8.78 Å². The van der Waals surface area contributed by atoms with Gasteiger partial charge < -0.3 is 9.80 Å². The standard InChI is InChI=1S/C24H25F2N3O/c1-28(2)11-12-29(15-16-7-10-20(25)21(26)13-16)24(30)19-14-23(17-8-9-17)27-22-6-4-3-5-18(19)22/h3-7,10,13-14,17H,8-9,11-12,15H2,1-2H3. The second kappa shape index (κ2) is 8.48. The molecule has 156 valence electrons. The van der Waals surface area contributed by atoms with E-state index in [1.807, 2.05) is 49.3 Å². The van der Waals surface area contributed by atoms with Crippen LogP contribution >= 0.6 is 0 Å². The molecule has 1 saturated carbocycles. The number of carbonyl (C=O) groups is 1. The molecule has 4 nitrogen and oxygen atoms in total. The van der Waals surface area contributed by atoms with Gasteiger partial charge in [-0.15, -0.1) is 0 Å². The molecule has 1 heterocycles. The number of halogens is 2. The summed E-state index contributed by atoms with van der Waals surface area (Å²) in [7, 11) is 3.88. The number of aromatic nitrogens is 1. The Labute approximate surface area is 175 Å². The number of fused-ring (bicyclic) bond motifs is 1. The molecule has 2 aromatic carbocycles. The number of benzene rings is 2. The Morgan fingerprint density at radius 3 is 2.50 bits per heavy atom. The number of amides is 1. The number of nitrogens with zero attached hydrogens (tertiary/aromatic N) is 3. The summed E-state index contributed by atoms with van der Waals surface area (Å²) in [6, 6.07) is 13.4. The van der Waals surface area contributed by atoms with Gasteiger partial charge in [0.15, 0.2) is 11.6 Å². The first-order valence-electron chi connectivity index (χ1n) is 10.2. The van der Waals surface area contributed by atoms with Crippen LogP contribution in [-0.4, -0.2) is 47.9 Å². The average molecular weight is 409 g/mol. The first kappa shape index (κ1) is 20.4. The topological polar surface area (TPSA) is 36.4 Å². The molecule has 0 radical (unpaired) electrons. The molecule has 1 fully saturated rings. The number of hydrogen-bond donors (Lipinski definition) is 0. The van der Waals surface area contributed by atoms with Gasteiger partial charge >= 0.3 is 0 Å². The van der Waals surface area contributed by atoms with Crippen LogP contribution in [0.1, 0.15) is 40.4 Å². The Morgan fingerprint density at radius 2 is 1.80 bits per heavy atom. The average Bonchev–Trinajstić information content (AvgIpc) is 3.57. The number of rotatable bonds is 7. The summed E-state index contributed by atoms with van der Waals surface area (Å²) >= 11 is 0. The van der Waals surface area contributed by atoms with E-state index < -0.39 is 11.6 Å². The highest BCUT2D eigenvalue weighted by atomic mass is 19.2. The van der Waals surface area contributed by atoms with E-state index in [4.69, 9.17) is 4.98 Å².